The summed E-state index contributed by atoms with van der Waals surface area (Å²) in [5, 5.41) is 13.3. The number of hydrogen-bond donors (Lipinski definition) is 1. The number of fused-ring (bicyclic) bond motifs is 1. The first-order valence-electron chi connectivity index (χ1n) is 7.41. The second-order valence-corrected chi connectivity index (χ2v) is 5.43. The van der Waals surface area contributed by atoms with Gasteiger partial charge in [0.15, 0.2) is 6.61 Å². The average Bonchev–Trinajstić information content (AvgIpc) is 3.01. The number of nitrogens with one attached hydrogen (secondary N) is 1. The zero-order chi connectivity index (χ0) is 16.2. The molecule has 1 N–H and O–H groups in total. The lowest BCUT2D eigenvalue weighted by Gasteiger charge is -2.09. The predicted octanol–water partition coefficient (Wildman–Crippen LogP) is 3.10. The predicted molar refractivity (Wildman–Crippen MR) is 85.7 cm³/mol. The lowest BCUT2D eigenvalue weighted by molar-refractivity contribution is -0.384. The Kier molecular flexibility index (Phi) is 4.23. The summed E-state index contributed by atoms with van der Waals surface area (Å²) in [6.45, 7) is -0.137. The van der Waals surface area contributed by atoms with Crippen molar-refractivity contribution in [2.75, 3.05) is 11.9 Å². The van der Waals surface area contributed by atoms with Crippen molar-refractivity contribution in [1.29, 1.82) is 0 Å². The molecule has 0 spiro atoms. The SMILES string of the molecule is O=C(COc1ccc2c(c1)CCC2)Nc1cccc([N+](=O)[O-])c1. The lowest BCUT2D eigenvalue weighted by Crippen LogP contribution is -2.20. The van der Waals surface area contributed by atoms with E-state index in [0.29, 0.717) is 11.4 Å². The van der Waals surface area contributed by atoms with E-state index in [0.717, 1.165) is 19.3 Å². The molecule has 0 aromatic heterocycles. The van der Waals surface area contributed by atoms with Crippen molar-refractivity contribution >= 4 is 17.3 Å². The minimum atomic E-state index is -0.503. The monoisotopic (exact) mass is 312 g/mol. The van der Waals surface area contributed by atoms with Gasteiger partial charge < -0.3 is 10.1 Å². The van der Waals surface area contributed by atoms with Gasteiger partial charge in [0, 0.05) is 17.8 Å². The van der Waals surface area contributed by atoms with Crippen molar-refractivity contribution in [2.24, 2.45) is 0 Å². The molecule has 0 aliphatic heterocycles. The van der Waals surface area contributed by atoms with Gasteiger partial charge in [0.25, 0.3) is 11.6 Å². The highest BCUT2D eigenvalue weighted by molar-refractivity contribution is 5.92. The Hall–Kier alpha value is -2.89. The molecule has 2 aromatic rings. The van der Waals surface area contributed by atoms with Crippen LogP contribution in [-0.2, 0) is 17.6 Å². The van der Waals surface area contributed by atoms with Crippen LogP contribution in [0, 0.1) is 10.1 Å². The lowest BCUT2D eigenvalue weighted by atomic mass is 10.1. The second-order valence-electron chi connectivity index (χ2n) is 5.43. The van der Waals surface area contributed by atoms with Crippen molar-refractivity contribution in [1.82, 2.24) is 0 Å². The van der Waals surface area contributed by atoms with Crippen LogP contribution in [-0.4, -0.2) is 17.4 Å². The molecule has 0 bridgehead atoms. The van der Waals surface area contributed by atoms with Crippen LogP contribution in [0.5, 0.6) is 5.75 Å². The third-order valence-electron chi connectivity index (χ3n) is 3.78. The van der Waals surface area contributed by atoms with Crippen LogP contribution in [0.25, 0.3) is 0 Å². The van der Waals surface area contributed by atoms with Gasteiger partial charge in [0.05, 0.1) is 4.92 Å². The standard InChI is InChI=1S/C17H16N2O4/c20-17(18-14-5-2-6-15(10-14)19(21)22)11-23-16-8-7-12-3-1-4-13(12)9-16/h2,5-10H,1,3-4,11H2,(H,18,20). The van der Waals surface area contributed by atoms with Gasteiger partial charge >= 0.3 is 0 Å². The highest BCUT2D eigenvalue weighted by Crippen LogP contribution is 2.26. The maximum absolute atomic E-state index is 11.9. The summed E-state index contributed by atoms with van der Waals surface area (Å²) in [6.07, 6.45) is 3.31. The quantitative estimate of drug-likeness (QED) is 0.679. The third kappa shape index (κ3) is 3.66. The number of amides is 1. The highest BCUT2D eigenvalue weighted by atomic mass is 16.6. The summed E-state index contributed by atoms with van der Waals surface area (Å²) in [7, 11) is 0. The van der Waals surface area contributed by atoms with E-state index in [9.17, 15) is 14.9 Å². The summed E-state index contributed by atoms with van der Waals surface area (Å²) >= 11 is 0. The molecular formula is C17H16N2O4. The number of nitro benzene ring substituents is 1. The summed E-state index contributed by atoms with van der Waals surface area (Å²) in [6, 6.07) is 11.7. The van der Waals surface area contributed by atoms with Crippen LogP contribution in [0.4, 0.5) is 11.4 Å². The number of ether oxygens (including phenoxy) is 1. The molecule has 0 saturated heterocycles. The van der Waals surface area contributed by atoms with E-state index in [-0.39, 0.29) is 18.2 Å². The zero-order valence-electron chi connectivity index (χ0n) is 12.5. The van der Waals surface area contributed by atoms with E-state index in [1.807, 2.05) is 18.2 Å². The number of benzene rings is 2. The van der Waals surface area contributed by atoms with E-state index in [1.54, 1.807) is 6.07 Å². The average molecular weight is 312 g/mol. The molecule has 0 unspecified atom stereocenters. The number of nitro groups is 1. The fraction of sp³-hybridized carbons (Fsp3) is 0.235. The van der Waals surface area contributed by atoms with Crippen LogP contribution in [0.2, 0.25) is 0 Å². The first-order valence-corrected chi connectivity index (χ1v) is 7.41. The Balaban J connectivity index is 1.57. The Morgan fingerprint density at radius 3 is 2.83 bits per heavy atom. The number of carbonyl (C=O) groups excluding carboxylic acids is 1. The van der Waals surface area contributed by atoms with Gasteiger partial charge in [0.2, 0.25) is 0 Å². The fourth-order valence-corrected chi connectivity index (χ4v) is 2.68. The molecule has 1 aliphatic rings. The van der Waals surface area contributed by atoms with Gasteiger partial charge in [-0.25, -0.2) is 0 Å². The first-order chi connectivity index (χ1) is 11.1. The molecule has 0 heterocycles. The molecular weight excluding hydrogens is 296 g/mol. The van der Waals surface area contributed by atoms with E-state index in [4.69, 9.17) is 4.74 Å². The molecule has 2 aromatic carbocycles. The number of nitrogens with zero attached hydrogens (tertiary/aromatic N) is 1. The van der Waals surface area contributed by atoms with E-state index < -0.39 is 4.92 Å². The van der Waals surface area contributed by atoms with Gasteiger partial charge in [-0.15, -0.1) is 0 Å². The molecule has 23 heavy (non-hydrogen) atoms. The summed E-state index contributed by atoms with van der Waals surface area (Å²) in [4.78, 5) is 22.1. The molecule has 0 radical (unpaired) electrons. The largest absolute Gasteiger partial charge is 0.484 e. The van der Waals surface area contributed by atoms with Gasteiger partial charge in [-0.2, -0.15) is 0 Å². The minimum absolute atomic E-state index is 0.0673. The minimum Gasteiger partial charge on any atom is -0.484 e. The number of aryl methyl sites for hydroxylation is 2. The number of non-ortho nitro benzene ring substituents is 1. The third-order valence-corrected chi connectivity index (χ3v) is 3.78. The normalized spacial score (nSPS) is 12.5. The van der Waals surface area contributed by atoms with E-state index >= 15 is 0 Å². The van der Waals surface area contributed by atoms with Crippen LogP contribution < -0.4 is 10.1 Å². The Morgan fingerprint density at radius 1 is 1.17 bits per heavy atom. The molecule has 0 fully saturated rings. The van der Waals surface area contributed by atoms with Crippen LogP contribution in [0.1, 0.15) is 17.5 Å². The van der Waals surface area contributed by atoms with E-state index in [2.05, 4.69) is 5.32 Å². The van der Waals surface area contributed by atoms with Gasteiger partial charge in [0.1, 0.15) is 5.75 Å². The second kappa shape index (κ2) is 6.48. The molecule has 0 atom stereocenters. The smallest absolute Gasteiger partial charge is 0.271 e. The Morgan fingerprint density at radius 2 is 2.00 bits per heavy atom. The Labute approximate surface area is 133 Å². The summed E-state index contributed by atoms with van der Waals surface area (Å²) < 4.78 is 5.50. The molecule has 3 rings (SSSR count). The van der Waals surface area contributed by atoms with Gasteiger partial charge in [-0.05, 0) is 48.6 Å². The fourth-order valence-electron chi connectivity index (χ4n) is 2.68. The van der Waals surface area contributed by atoms with Crippen LogP contribution in [0.3, 0.4) is 0 Å². The first kappa shape index (κ1) is 15.0. The van der Waals surface area contributed by atoms with Gasteiger partial charge in [-0.3, -0.25) is 14.9 Å². The molecule has 6 heteroatoms. The summed E-state index contributed by atoms with van der Waals surface area (Å²) in [5.74, 6) is 0.311. The van der Waals surface area contributed by atoms with Crippen LogP contribution >= 0.6 is 0 Å². The van der Waals surface area contributed by atoms with Crippen molar-refractivity contribution in [2.45, 2.75) is 19.3 Å². The number of rotatable bonds is 5. The van der Waals surface area contributed by atoms with Crippen molar-refractivity contribution in [3.05, 3.63) is 63.7 Å². The molecule has 1 amide bonds. The Bertz CT molecular complexity index is 758. The number of carbonyl (C=O) groups is 1. The molecule has 118 valence electrons. The van der Waals surface area contributed by atoms with Crippen molar-refractivity contribution in [3.63, 3.8) is 0 Å². The molecule has 0 saturated carbocycles. The summed E-state index contributed by atoms with van der Waals surface area (Å²) in [5.41, 5.74) is 2.93. The number of anilines is 1. The van der Waals surface area contributed by atoms with E-state index in [1.165, 1.54) is 29.3 Å². The van der Waals surface area contributed by atoms with Crippen LogP contribution in [0.15, 0.2) is 42.5 Å². The highest BCUT2D eigenvalue weighted by Gasteiger charge is 2.12. The molecule has 1 aliphatic carbocycles. The topological polar surface area (TPSA) is 81.5 Å². The van der Waals surface area contributed by atoms with Crippen molar-refractivity contribution in [3.8, 4) is 5.75 Å². The van der Waals surface area contributed by atoms with Gasteiger partial charge in [-0.1, -0.05) is 12.1 Å². The maximum Gasteiger partial charge on any atom is 0.271 e. The maximum atomic E-state index is 11.9. The van der Waals surface area contributed by atoms with Crippen molar-refractivity contribution < 1.29 is 14.5 Å². The zero-order valence-corrected chi connectivity index (χ0v) is 12.5. The molecule has 6 nitrogen and oxygen atoms in total. The number of hydrogen-bond acceptors (Lipinski definition) is 4.